The summed E-state index contributed by atoms with van der Waals surface area (Å²) in [4.78, 5) is 29.5. The number of hydrogen-bond donors (Lipinski definition) is 1. The molecule has 150 valence electrons. The van der Waals surface area contributed by atoms with Crippen LogP contribution in [0.25, 0.3) is 10.9 Å². The average molecular weight is 395 g/mol. The van der Waals surface area contributed by atoms with Crippen molar-refractivity contribution in [3.63, 3.8) is 0 Å². The number of fused-ring (bicyclic) bond motifs is 2. The minimum Gasteiger partial charge on any atom is -0.497 e. The Balaban J connectivity index is 1.48. The summed E-state index contributed by atoms with van der Waals surface area (Å²) in [7, 11) is 3.06. The maximum absolute atomic E-state index is 12.6. The van der Waals surface area contributed by atoms with Crippen molar-refractivity contribution >= 4 is 22.5 Å². The number of ether oxygens (including phenoxy) is 3. The van der Waals surface area contributed by atoms with Gasteiger partial charge in [-0.1, -0.05) is 0 Å². The average Bonchev–Trinajstić information content (AvgIpc) is 3.21. The van der Waals surface area contributed by atoms with Gasteiger partial charge in [-0.15, -0.1) is 0 Å². The number of aromatic nitrogens is 2. The Bertz CT molecular complexity index is 1140. The number of methoxy groups -OCH3 is 2. The van der Waals surface area contributed by atoms with E-state index in [4.69, 9.17) is 14.2 Å². The molecule has 0 saturated heterocycles. The Morgan fingerprint density at radius 2 is 1.97 bits per heavy atom. The molecule has 1 aliphatic rings. The first-order valence-corrected chi connectivity index (χ1v) is 9.27. The van der Waals surface area contributed by atoms with Gasteiger partial charge in [-0.2, -0.15) is 0 Å². The van der Waals surface area contributed by atoms with Crippen LogP contribution < -0.4 is 25.1 Å². The van der Waals surface area contributed by atoms with Gasteiger partial charge in [-0.05, 0) is 36.8 Å². The molecule has 2 aromatic carbocycles. The first-order chi connectivity index (χ1) is 14.1. The number of rotatable bonds is 6. The lowest BCUT2D eigenvalue weighted by molar-refractivity contribution is -0.118. The molecule has 0 fully saturated rings. The zero-order valence-electron chi connectivity index (χ0n) is 16.2. The molecule has 0 bridgehead atoms. The van der Waals surface area contributed by atoms with E-state index in [1.54, 1.807) is 48.1 Å². The molecular formula is C21H21N3O5. The maximum atomic E-state index is 12.6. The highest BCUT2D eigenvalue weighted by Gasteiger charge is 2.16. The van der Waals surface area contributed by atoms with Crippen LogP contribution in [0.5, 0.6) is 17.2 Å². The molecule has 1 N–H and O–H groups in total. The molecule has 8 heteroatoms. The smallest absolute Gasteiger partial charge is 0.262 e. The first-order valence-electron chi connectivity index (χ1n) is 9.27. The van der Waals surface area contributed by atoms with Crippen LogP contribution in [0, 0.1) is 0 Å². The lowest BCUT2D eigenvalue weighted by Crippen LogP contribution is -2.22. The van der Waals surface area contributed by atoms with Gasteiger partial charge >= 0.3 is 0 Å². The number of aryl methyl sites for hydroxylation is 1. The van der Waals surface area contributed by atoms with Crippen LogP contribution in [0.1, 0.15) is 12.2 Å². The number of hydrogen-bond acceptors (Lipinski definition) is 6. The second-order valence-electron chi connectivity index (χ2n) is 6.67. The normalized spacial score (nSPS) is 12.5. The van der Waals surface area contributed by atoms with Crippen molar-refractivity contribution in [1.82, 2.24) is 9.55 Å². The van der Waals surface area contributed by atoms with Crippen LogP contribution >= 0.6 is 0 Å². The van der Waals surface area contributed by atoms with Crippen molar-refractivity contribution in [1.29, 1.82) is 0 Å². The molecule has 1 aromatic heterocycles. The fourth-order valence-corrected chi connectivity index (χ4v) is 3.40. The molecule has 0 radical (unpaired) electrons. The van der Waals surface area contributed by atoms with Gasteiger partial charge in [0, 0.05) is 19.0 Å². The summed E-state index contributed by atoms with van der Waals surface area (Å²) >= 11 is 0. The highest BCUT2D eigenvalue weighted by Crippen LogP contribution is 2.29. The zero-order valence-corrected chi connectivity index (χ0v) is 16.2. The van der Waals surface area contributed by atoms with E-state index in [-0.39, 0.29) is 18.1 Å². The third-order valence-electron chi connectivity index (χ3n) is 4.84. The molecule has 8 nitrogen and oxygen atoms in total. The second kappa shape index (κ2) is 7.83. The lowest BCUT2D eigenvalue weighted by Gasteiger charge is -2.12. The van der Waals surface area contributed by atoms with E-state index in [0.29, 0.717) is 40.4 Å². The van der Waals surface area contributed by atoms with Crippen LogP contribution in [0.15, 0.2) is 41.2 Å². The minimum atomic E-state index is -0.361. The van der Waals surface area contributed by atoms with Crippen molar-refractivity contribution in [2.24, 2.45) is 0 Å². The molecule has 1 aliphatic heterocycles. The molecule has 2 heterocycles. The molecule has 0 atom stereocenters. The standard InChI is InChI=1S/C21H21N3O5/c1-27-13-6-8-18(28-2)17(11-13)23-20(25)12-29-14-5-7-16-15(10-14)21(26)24-9-3-4-19(24)22-16/h5-8,10-11H,3-4,9,12H2,1-2H3,(H,23,25). The number of amides is 1. The summed E-state index contributed by atoms with van der Waals surface area (Å²) in [5.41, 5.74) is 1.05. The Morgan fingerprint density at radius 3 is 2.76 bits per heavy atom. The predicted molar refractivity (Wildman–Crippen MR) is 108 cm³/mol. The van der Waals surface area contributed by atoms with Crippen molar-refractivity contribution in [2.75, 3.05) is 26.1 Å². The van der Waals surface area contributed by atoms with Crippen LogP contribution in [0.2, 0.25) is 0 Å². The van der Waals surface area contributed by atoms with E-state index in [1.165, 1.54) is 7.11 Å². The molecule has 0 saturated carbocycles. The monoisotopic (exact) mass is 395 g/mol. The minimum absolute atomic E-state index is 0.0708. The fraction of sp³-hybridized carbons (Fsp3) is 0.286. The largest absolute Gasteiger partial charge is 0.497 e. The maximum Gasteiger partial charge on any atom is 0.262 e. The quantitative estimate of drug-likeness (QED) is 0.689. The Kier molecular flexibility index (Phi) is 5.07. The third-order valence-corrected chi connectivity index (χ3v) is 4.84. The second-order valence-corrected chi connectivity index (χ2v) is 6.67. The zero-order chi connectivity index (χ0) is 20.4. The number of carbonyl (C=O) groups is 1. The summed E-state index contributed by atoms with van der Waals surface area (Å²) in [6.07, 6.45) is 1.74. The number of anilines is 1. The van der Waals surface area contributed by atoms with E-state index in [2.05, 4.69) is 10.3 Å². The Labute approximate surface area is 167 Å². The molecule has 3 aromatic rings. The summed E-state index contributed by atoms with van der Waals surface area (Å²) in [5, 5.41) is 3.23. The summed E-state index contributed by atoms with van der Waals surface area (Å²) < 4.78 is 17.7. The van der Waals surface area contributed by atoms with Gasteiger partial charge in [0.05, 0.1) is 30.8 Å². The van der Waals surface area contributed by atoms with Gasteiger partial charge in [-0.25, -0.2) is 4.98 Å². The predicted octanol–water partition coefficient (Wildman–Crippen LogP) is 2.38. The van der Waals surface area contributed by atoms with Gasteiger partial charge in [-0.3, -0.25) is 14.2 Å². The number of benzene rings is 2. The Hall–Kier alpha value is -3.55. The number of nitrogens with one attached hydrogen (secondary N) is 1. The topological polar surface area (TPSA) is 91.7 Å². The third kappa shape index (κ3) is 3.73. The highest BCUT2D eigenvalue weighted by molar-refractivity contribution is 5.93. The molecule has 4 rings (SSSR count). The van der Waals surface area contributed by atoms with Crippen molar-refractivity contribution in [3.8, 4) is 17.2 Å². The molecule has 29 heavy (non-hydrogen) atoms. The molecule has 0 spiro atoms. The molecule has 0 unspecified atom stereocenters. The van der Waals surface area contributed by atoms with Gasteiger partial charge in [0.1, 0.15) is 23.1 Å². The van der Waals surface area contributed by atoms with Crippen molar-refractivity contribution < 1.29 is 19.0 Å². The fourth-order valence-electron chi connectivity index (χ4n) is 3.40. The highest BCUT2D eigenvalue weighted by atomic mass is 16.5. The van der Waals surface area contributed by atoms with E-state index < -0.39 is 0 Å². The van der Waals surface area contributed by atoms with Crippen LogP contribution in [0.4, 0.5) is 5.69 Å². The van der Waals surface area contributed by atoms with Gasteiger partial charge < -0.3 is 19.5 Å². The number of carbonyl (C=O) groups excluding carboxylic acids is 1. The molecule has 1 amide bonds. The van der Waals surface area contributed by atoms with E-state index in [0.717, 1.165) is 18.7 Å². The Morgan fingerprint density at radius 1 is 1.14 bits per heavy atom. The number of nitrogens with zero attached hydrogens (tertiary/aromatic N) is 2. The molecule has 0 aliphatic carbocycles. The van der Waals surface area contributed by atoms with Gasteiger partial charge in [0.15, 0.2) is 6.61 Å². The van der Waals surface area contributed by atoms with Gasteiger partial charge in [0.2, 0.25) is 0 Å². The van der Waals surface area contributed by atoms with Crippen LogP contribution in [0.3, 0.4) is 0 Å². The SMILES string of the molecule is COc1ccc(OC)c(NC(=O)COc2ccc3nc4n(c(=O)c3c2)CCC4)c1. The van der Waals surface area contributed by atoms with E-state index >= 15 is 0 Å². The van der Waals surface area contributed by atoms with E-state index in [1.807, 2.05) is 0 Å². The summed E-state index contributed by atoms with van der Waals surface area (Å²) in [6.45, 7) is 0.471. The van der Waals surface area contributed by atoms with Gasteiger partial charge in [0.25, 0.3) is 11.5 Å². The van der Waals surface area contributed by atoms with Crippen molar-refractivity contribution in [3.05, 3.63) is 52.6 Å². The van der Waals surface area contributed by atoms with E-state index in [9.17, 15) is 9.59 Å². The van der Waals surface area contributed by atoms with Crippen LogP contribution in [-0.4, -0.2) is 36.3 Å². The first kappa shape index (κ1) is 18.8. The lowest BCUT2D eigenvalue weighted by atomic mass is 10.2. The summed E-state index contributed by atoms with van der Waals surface area (Å²) in [6, 6.07) is 10.2. The van der Waals surface area contributed by atoms with Crippen LogP contribution in [-0.2, 0) is 17.8 Å². The molecular weight excluding hydrogens is 374 g/mol. The van der Waals surface area contributed by atoms with Crippen molar-refractivity contribution in [2.45, 2.75) is 19.4 Å². The summed E-state index contributed by atoms with van der Waals surface area (Å²) in [5.74, 6) is 2.00.